The third kappa shape index (κ3) is 4.72. The van der Waals surface area contributed by atoms with E-state index >= 15 is 0 Å². The van der Waals surface area contributed by atoms with Crippen molar-refractivity contribution in [2.24, 2.45) is 0 Å². The Kier molecular flexibility index (Phi) is 6.70. The van der Waals surface area contributed by atoms with Crippen molar-refractivity contribution in [2.45, 2.75) is 45.7 Å². The normalized spacial score (nSPS) is 14.5. The molecule has 2 heteroatoms. The molecule has 1 atom stereocenters. The number of fused-ring (bicyclic) bond motifs is 1. The molecule has 1 N–H and O–H groups in total. The minimum absolute atomic E-state index is 0.0367. The Hall–Kier alpha value is -4.30. The minimum Gasteiger partial charge on any atom is -0.359 e. The van der Waals surface area contributed by atoms with Crippen LogP contribution in [0.3, 0.4) is 0 Å². The molecule has 0 saturated carbocycles. The van der Waals surface area contributed by atoms with Crippen LogP contribution in [0.25, 0.3) is 22.3 Å². The van der Waals surface area contributed by atoms with Gasteiger partial charge in [-0.15, -0.1) is 0 Å². The first kappa shape index (κ1) is 25.0. The van der Waals surface area contributed by atoms with Gasteiger partial charge in [-0.05, 0) is 75.0 Å². The topological polar surface area (TPSA) is 15.3 Å². The van der Waals surface area contributed by atoms with Crippen molar-refractivity contribution in [1.82, 2.24) is 0 Å². The Morgan fingerprint density at radius 2 is 1.03 bits per heavy atom. The summed E-state index contributed by atoms with van der Waals surface area (Å²) in [6.07, 6.45) is 0.0367. The lowest BCUT2D eigenvalue weighted by Gasteiger charge is -2.34. The summed E-state index contributed by atoms with van der Waals surface area (Å²) in [6, 6.07) is 44.0. The van der Waals surface area contributed by atoms with Gasteiger partial charge in [0.05, 0.1) is 17.1 Å². The molecule has 6 rings (SSSR count). The highest BCUT2D eigenvalue weighted by atomic mass is 15.3. The van der Waals surface area contributed by atoms with Crippen LogP contribution in [0.4, 0.5) is 17.1 Å². The van der Waals surface area contributed by atoms with Gasteiger partial charge in [0.1, 0.15) is 6.17 Å². The highest BCUT2D eigenvalue weighted by Gasteiger charge is 2.34. The van der Waals surface area contributed by atoms with Crippen molar-refractivity contribution in [3.63, 3.8) is 0 Å². The lowest BCUT2D eigenvalue weighted by Crippen LogP contribution is -2.26. The van der Waals surface area contributed by atoms with Crippen LogP contribution in [-0.2, 0) is 0 Å². The Balaban J connectivity index is 1.51. The lowest BCUT2D eigenvalue weighted by molar-refractivity contribution is 0.776. The molecule has 1 aliphatic rings. The van der Waals surface area contributed by atoms with Crippen LogP contribution in [-0.4, -0.2) is 0 Å². The number of para-hydroxylation sites is 2. The monoisotopic (exact) mass is 508 g/mol. The molecule has 194 valence electrons. The second kappa shape index (κ2) is 10.5. The van der Waals surface area contributed by atoms with Crippen LogP contribution in [0.15, 0.2) is 121 Å². The first-order valence-electron chi connectivity index (χ1n) is 14.0. The van der Waals surface area contributed by atoms with Gasteiger partial charge in [-0.25, -0.2) is 0 Å². The molecular formula is C37H36N2. The Morgan fingerprint density at radius 1 is 0.538 bits per heavy atom. The maximum atomic E-state index is 3.83. The minimum atomic E-state index is 0.0367. The van der Waals surface area contributed by atoms with E-state index in [1.54, 1.807) is 0 Å². The fourth-order valence-corrected chi connectivity index (χ4v) is 5.76. The van der Waals surface area contributed by atoms with E-state index in [0.29, 0.717) is 11.8 Å². The molecule has 1 aliphatic heterocycles. The molecule has 1 unspecified atom stereocenters. The predicted molar refractivity (Wildman–Crippen MR) is 167 cm³/mol. The zero-order valence-electron chi connectivity index (χ0n) is 23.2. The summed E-state index contributed by atoms with van der Waals surface area (Å²) in [7, 11) is 0. The number of nitrogens with one attached hydrogen (secondary N) is 1. The second-order valence-electron chi connectivity index (χ2n) is 11.1. The van der Waals surface area contributed by atoms with Gasteiger partial charge < -0.3 is 10.2 Å². The molecule has 0 radical (unpaired) electrons. The van der Waals surface area contributed by atoms with Crippen molar-refractivity contribution in [1.29, 1.82) is 0 Å². The van der Waals surface area contributed by atoms with E-state index in [1.165, 1.54) is 56.0 Å². The van der Waals surface area contributed by atoms with Crippen LogP contribution >= 0.6 is 0 Å². The van der Waals surface area contributed by atoms with Crippen LogP contribution in [0.2, 0.25) is 0 Å². The number of nitrogens with zero attached hydrogens (tertiary/aromatic N) is 1. The Labute approximate surface area is 233 Å². The van der Waals surface area contributed by atoms with E-state index < -0.39 is 0 Å². The van der Waals surface area contributed by atoms with E-state index in [1.807, 2.05) is 0 Å². The van der Waals surface area contributed by atoms with E-state index in [0.717, 1.165) is 0 Å². The van der Waals surface area contributed by atoms with Crippen LogP contribution < -0.4 is 10.2 Å². The highest BCUT2D eigenvalue weighted by Crippen LogP contribution is 2.51. The maximum absolute atomic E-state index is 3.83. The van der Waals surface area contributed by atoms with Crippen molar-refractivity contribution < 1.29 is 0 Å². The molecule has 5 aromatic rings. The van der Waals surface area contributed by atoms with Gasteiger partial charge in [0.2, 0.25) is 0 Å². The lowest BCUT2D eigenvalue weighted by atomic mass is 9.87. The van der Waals surface area contributed by atoms with Crippen molar-refractivity contribution in [3.05, 3.63) is 138 Å². The second-order valence-corrected chi connectivity index (χ2v) is 11.1. The van der Waals surface area contributed by atoms with Gasteiger partial charge in [-0.2, -0.15) is 0 Å². The number of benzene rings is 5. The van der Waals surface area contributed by atoms with Gasteiger partial charge >= 0.3 is 0 Å². The number of rotatable bonds is 6. The van der Waals surface area contributed by atoms with Crippen LogP contribution in [0.5, 0.6) is 0 Å². The largest absolute Gasteiger partial charge is 0.359 e. The summed E-state index contributed by atoms with van der Waals surface area (Å²) in [6.45, 7) is 9.27. The van der Waals surface area contributed by atoms with E-state index in [4.69, 9.17) is 0 Å². The summed E-state index contributed by atoms with van der Waals surface area (Å²) in [5, 5.41) is 3.83. The Bertz CT molecular complexity index is 1540. The molecule has 0 aromatic heterocycles. The fourth-order valence-electron chi connectivity index (χ4n) is 5.76. The molecule has 2 nitrogen and oxygen atoms in total. The zero-order valence-corrected chi connectivity index (χ0v) is 23.2. The molecule has 0 spiro atoms. The van der Waals surface area contributed by atoms with Crippen LogP contribution in [0.1, 0.15) is 62.4 Å². The number of hydrogen-bond acceptors (Lipinski definition) is 2. The maximum Gasteiger partial charge on any atom is 0.130 e. The molecule has 1 heterocycles. The summed E-state index contributed by atoms with van der Waals surface area (Å²) >= 11 is 0. The molecule has 0 saturated heterocycles. The van der Waals surface area contributed by atoms with E-state index in [-0.39, 0.29) is 6.17 Å². The SMILES string of the molecule is CC(C)c1cc(-c2ccc(-c3ccccc3)cc2)cc(C(C)C)c1N1c2ccccc2NC1c1ccccc1. The summed E-state index contributed by atoms with van der Waals surface area (Å²) < 4.78 is 0. The van der Waals surface area contributed by atoms with Gasteiger partial charge in [-0.1, -0.05) is 125 Å². The van der Waals surface area contributed by atoms with Gasteiger partial charge in [0.15, 0.2) is 0 Å². The number of anilines is 3. The number of hydrogen-bond donors (Lipinski definition) is 1. The first-order valence-corrected chi connectivity index (χ1v) is 14.0. The first-order chi connectivity index (χ1) is 19.0. The third-order valence-electron chi connectivity index (χ3n) is 7.81. The summed E-state index contributed by atoms with van der Waals surface area (Å²) in [5.41, 5.74) is 12.8. The predicted octanol–water partition coefficient (Wildman–Crippen LogP) is 10.5. The molecule has 0 aliphatic carbocycles. The van der Waals surface area contributed by atoms with Gasteiger partial charge in [0, 0.05) is 0 Å². The average molecular weight is 509 g/mol. The van der Waals surface area contributed by atoms with Gasteiger partial charge in [0.25, 0.3) is 0 Å². The van der Waals surface area contributed by atoms with Crippen molar-refractivity contribution >= 4 is 17.1 Å². The molecular weight excluding hydrogens is 472 g/mol. The van der Waals surface area contributed by atoms with Crippen LogP contribution in [0, 0.1) is 0 Å². The summed E-state index contributed by atoms with van der Waals surface area (Å²) in [5.74, 6) is 0.732. The highest BCUT2D eigenvalue weighted by molar-refractivity contribution is 5.87. The average Bonchev–Trinajstić information content (AvgIpc) is 3.37. The molecule has 39 heavy (non-hydrogen) atoms. The fraction of sp³-hybridized carbons (Fsp3) is 0.189. The van der Waals surface area contributed by atoms with Crippen molar-refractivity contribution in [3.8, 4) is 22.3 Å². The van der Waals surface area contributed by atoms with Gasteiger partial charge in [-0.3, -0.25) is 0 Å². The molecule has 5 aromatic carbocycles. The van der Waals surface area contributed by atoms with E-state index in [9.17, 15) is 0 Å². The standard InChI is InChI=1S/C37H36N2/c1-25(2)32-23-31(29-21-19-28(20-22-29)27-13-7-5-8-14-27)24-33(26(3)4)36(32)39-35-18-12-11-17-34(35)38-37(39)30-15-9-6-10-16-30/h5-26,37-38H,1-4H3. The summed E-state index contributed by atoms with van der Waals surface area (Å²) in [4.78, 5) is 2.54. The quantitative estimate of drug-likeness (QED) is 0.245. The molecule has 0 amide bonds. The Morgan fingerprint density at radius 3 is 1.62 bits per heavy atom. The third-order valence-corrected chi connectivity index (χ3v) is 7.81. The molecule has 0 bridgehead atoms. The molecule has 0 fully saturated rings. The zero-order chi connectivity index (χ0) is 26.9. The van der Waals surface area contributed by atoms with E-state index in [2.05, 4.69) is 159 Å². The smallest absolute Gasteiger partial charge is 0.130 e. The van der Waals surface area contributed by atoms with Crippen molar-refractivity contribution in [2.75, 3.05) is 10.2 Å².